The molecule has 2 N–H and O–H groups in total. The molecule has 6 nitrogen and oxygen atoms in total. The molecule has 1 aromatic heterocycles. The maximum atomic E-state index is 12.1. The molecule has 1 heterocycles. The molecule has 0 aliphatic rings. The van der Waals surface area contributed by atoms with Gasteiger partial charge in [0.2, 0.25) is 0 Å². The highest BCUT2D eigenvalue weighted by atomic mass is 32.2. The first-order valence-corrected chi connectivity index (χ1v) is 8.27. The minimum absolute atomic E-state index is 0.383. The van der Waals surface area contributed by atoms with Crippen LogP contribution in [0.5, 0.6) is 0 Å². The van der Waals surface area contributed by atoms with Gasteiger partial charge in [0.1, 0.15) is 5.76 Å². The van der Waals surface area contributed by atoms with Crippen LogP contribution in [0.2, 0.25) is 0 Å². The van der Waals surface area contributed by atoms with Gasteiger partial charge in [-0.15, -0.1) is 0 Å². The van der Waals surface area contributed by atoms with Crippen molar-refractivity contribution in [2.75, 3.05) is 20.1 Å². The fourth-order valence-corrected chi connectivity index (χ4v) is 2.83. The van der Waals surface area contributed by atoms with Crippen molar-refractivity contribution in [1.29, 1.82) is 0 Å². The first-order valence-electron chi connectivity index (χ1n) is 6.83. The molecule has 0 saturated heterocycles. The predicted molar refractivity (Wildman–Crippen MR) is 79.6 cm³/mol. The highest BCUT2D eigenvalue weighted by molar-refractivity contribution is 7.87. The zero-order valence-corrected chi connectivity index (χ0v) is 13.4. The molecule has 0 radical (unpaired) electrons. The number of hydrogen-bond acceptors (Lipinski definition) is 4. The van der Waals surface area contributed by atoms with E-state index >= 15 is 0 Å². The summed E-state index contributed by atoms with van der Waals surface area (Å²) >= 11 is 0. The molecule has 0 aliphatic carbocycles. The van der Waals surface area contributed by atoms with Crippen LogP contribution in [-0.4, -0.2) is 38.9 Å². The summed E-state index contributed by atoms with van der Waals surface area (Å²) in [6.07, 6.45) is 2.30. The Balaban J connectivity index is 2.43. The minimum atomic E-state index is -3.49. The number of rotatable bonds is 9. The quantitative estimate of drug-likeness (QED) is 0.678. The van der Waals surface area contributed by atoms with Crippen molar-refractivity contribution in [3.63, 3.8) is 0 Å². The molecule has 7 heteroatoms. The standard InChI is InChI=1S/C13H25N3O3S/c1-11(2)14-8-6-9-16(4)20(17,18)15-12(3)13-7-5-10-19-13/h5,7,10-12,14-15H,6,8-9H2,1-4H3. The van der Waals surface area contributed by atoms with Crippen LogP contribution in [0.1, 0.15) is 39.0 Å². The molecule has 20 heavy (non-hydrogen) atoms. The summed E-state index contributed by atoms with van der Waals surface area (Å²) in [5, 5.41) is 3.26. The van der Waals surface area contributed by atoms with Gasteiger partial charge in [-0.05, 0) is 32.0 Å². The Kier molecular flexibility index (Phi) is 6.67. The van der Waals surface area contributed by atoms with E-state index in [4.69, 9.17) is 4.42 Å². The van der Waals surface area contributed by atoms with Crippen LogP contribution in [-0.2, 0) is 10.2 Å². The van der Waals surface area contributed by atoms with Crippen molar-refractivity contribution in [2.45, 2.75) is 39.3 Å². The van der Waals surface area contributed by atoms with Crippen LogP contribution in [0.15, 0.2) is 22.8 Å². The highest BCUT2D eigenvalue weighted by Gasteiger charge is 2.21. The lowest BCUT2D eigenvalue weighted by Crippen LogP contribution is -2.40. The topological polar surface area (TPSA) is 74.6 Å². The van der Waals surface area contributed by atoms with Crippen molar-refractivity contribution in [2.24, 2.45) is 0 Å². The normalized spacial score (nSPS) is 14.1. The zero-order valence-electron chi connectivity index (χ0n) is 12.6. The Morgan fingerprint density at radius 2 is 2.05 bits per heavy atom. The second-order valence-electron chi connectivity index (χ2n) is 5.14. The van der Waals surface area contributed by atoms with Crippen LogP contribution >= 0.6 is 0 Å². The third-order valence-electron chi connectivity index (χ3n) is 2.91. The third-order valence-corrected chi connectivity index (χ3v) is 4.56. The van der Waals surface area contributed by atoms with Crippen LogP contribution in [0.3, 0.4) is 0 Å². The second kappa shape index (κ2) is 7.78. The molecule has 1 rings (SSSR count). The molecule has 0 amide bonds. The van der Waals surface area contributed by atoms with E-state index in [1.165, 1.54) is 10.6 Å². The molecule has 0 bridgehead atoms. The van der Waals surface area contributed by atoms with E-state index in [0.717, 1.165) is 13.0 Å². The van der Waals surface area contributed by atoms with E-state index < -0.39 is 10.2 Å². The molecule has 0 fully saturated rings. The van der Waals surface area contributed by atoms with Gasteiger partial charge < -0.3 is 9.73 Å². The van der Waals surface area contributed by atoms with Crippen LogP contribution in [0.25, 0.3) is 0 Å². The SMILES string of the molecule is CC(C)NCCCN(C)S(=O)(=O)NC(C)c1ccco1. The van der Waals surface area contributed by atoms with Crippen LogP contribution in [0, 0.1) is 0 Å². The summed E-state index contributed by atoms with van der Waals surface area (Å²) in [5.41, 5.74) is 0. The molecule has 1 atom stereocenters. The Labute approximate surface area is 121 Å². The lowest BCUT2D eigenvalue weighted by atomic mass is 10.3. The first kappa shape index (κ1) is 17.2. The lowest BCUT2D eigenvalue weighted by molar-refractivity contribution is 0.417. The molecule has 0 aliphatic heterocycles. The summed E-state index contributed by atoms with van der Waals surface area (Å²) in [6.45, 7) is 7.15. The van der Waals surface area contributed by atoms with Gasteiger partial charge in [0.25, 0.3) is 10.2 Å². The van der Waals surface area contributed by atoms with E-state index in [-0.39, 0.29) is 6.04 Å². The minimum Gasteiger partial charge on any atom is -0.468 e. The molecule has 1 aromatic rings. The second-order valence-corrected chi connectivity index (χ2v) is 6.95. The largest absolute Gasteiger partial charge is 0.468 e. The average Bonchev–Trinajstić information content (AvgIpc) is 2.87. The van der Waals surface area contributed by atoms with Crippen LogP contribution in [0.4, 0.5) is 0 Å². The molecule has 1 unspecified atom stereocenters. The summed E-state index contributed by atoms with van der Waals surface area (Å²) in [4.78, 5) is 0. The van der Waals surface area contributed by atoms with Gasteiger partial charge >= 0.3 is 0 Å². The van der Waals surface area contributed by atoms with Gasteiger partial charge in [-0.25, -0.2) is 0 Å². The summed E-state index contributed by atoms with van der Waals surface area (Å²) in [6, 6.07) is 3.52. The van der Waals surface area contributed by atoms with Gasteiger partial charge in [0, 0.05) is 19.6 Å². The third kappa shape index (κ3) is 5.62. The van der Waals surface area contributed by atoms with Crippen molar-refractivity contribution in [3.8, 4) is 0 Å². The number of furan rings is 1. The predicted octanol–water partition coefficient (Wildman–Crippen LogP) is 1.49. The van der Waals surface area contributed by atoms with Crippen molar-refractivity contribution < 1.29 is 12.8 Å². The summed E-state index contributed by atoms with van der Waals surface area (Å²) < 4.78 is 33.3. The summed E-state index contributed by atoms with van der Waals surface area (Å²) in [7, 11) is -1.91. The van der Waals surface area contributed by atoms with Gasteiger partial charge in [0.05, 0.1) is 12.3 Å². The Morgan fingerprint density at radius 3 is 2.60 bits per heavy atom. The fourth-order valence-electron chi connectivity index (χ4n) is 1.72. The van der Waals surface area contributed by atoms with E-state index in [0.29, 0.717) is 18.3 Å². The van der Waals surface area contributed by atoms with Gasteiger partial charge in [-0.1, -0.05) is 13.8 Å². The number of nitrogens with zero attached hydrogens (tertiary/aromatic N) is 1. The lowest BCUT2D eigenvalue weighted by Gasteiger charge is -2.20. The van der Waals surface area contributed by atoms with Gasteiger partial charge in [0.15, 0.2) is 0 Å². The van der Waals surface area contributed by atoms with Crippen LogP contribution < -0.4 is 10.0 Å². The van der Waals surface area contributed by atoms with Crippen molar-refractivity contribution in [3.05, 3.63) is 24.2 Å². The number of hydrogen-bond donors (Lipinski definition) is 2. The molecule has 0 saturated carbocycles. The van der Waals surface area contributed by atoms with Gasteiger partial charge in [-0.3, -0.25) is 0 Å². The summed E-state index contributed by atoms with van der Waals surface area (Å²) in [5.74, 6) is 0.600. The average molecular weight is 303 g/mol. The smallest absolute Gasteiger partial charge is 0.279 e. The van der Waals surface area contributed by atoms with Crippen molar-refractivity contribution >= 4 is 10.2 Å². The Bertz CT molecular complexity index is 471. The van der Waals surface area contributed by atoms with E-state index in [1.54, 1.807) is 26.1 Å². The zero-order chi connectivity index (χ0) is 15.2. The van der Waals surface area contributed by atoms with E-state index in [1.807, 2.05) is 0 Å². The highest BCUT2D eigenvalue weighted by Crippen LogP contribution is 2.14. The van der Waals surface area contributed by atoms with Crippen molar-refractivity contribution in [1.82, 2.24) is 14.3 Å². The fraction of sp³-hybridized carbons (Fsp3) is 0.692. The molecule has 116 valence electrons. The first-order chi connectivity index (χ1) is 9.33. The Hall–Kier alpha value is -0.890. The maximum absolute atomic E-state index is 12.1. The number of nitrogens with one attached hydrogen (secondary N) is 2. The molecule has 0 aromatic carbocycles. The Morgan fingerprint density at radius 1 is 1.35 bits per heavy atom. The van der Waals surface area contributed by atoms with E-state index in [9.17, 15) is 8.42 Å². The van der Waals surface area contributed by atoms with Gasteiger partial charge in [-0.2, -0.15) is 17.4 Å². The maximum Gasteiger partial charge on any atom is 0.279 e. The monoisotopic (exact) mass is 303 g/mol. The molecular formula is C13H25N3O3S. The molecule has 0 spiro atoms. The van der Waals surface area contributed by atoms with E-state index in [2.05, 4.69) is 23.9 Å². The molecular weight excluding hydrogens is 278 g/mol.